The van der Waals surface area contributed by atoms with Crippen LogP contribution in [-0.4, -0.2) is 49.2 Å². The number of hydrogen-bond acceptors (Lipinski definition) is 6. The van der Waals surface area contributed by atoms with E-state index in [1.165, 1.54) is 12.1 Å². The van der Waals surface area contributed by atoms with Crippen LogP contribution in [0.5, 0.6) is 5.75 Å². The fourth-order valence-electron chi connectivity index (χ4n) is 4.32. The molecule has 7 nitrogen and oxygen atoms in total. The minimum atomic E-state index is -3.93. The van der Waals surface area contributed by atoms with Crippen LogP contribution in [0.4, 0.5) is 0 Å². The predicted octanol–water partition coefficient (Wildman–Crippen LogP) is 5.41. The van der Waals surface area contributed by atoms with Crippen LogP contribution in [0.2, 0.25) is 5.02 Å². The second-order valence-electron chi connectivity index (χ2n) is 9.32. The number of aliphatic carboxylic acids is 1. The first-order valence-corrected chi connectivity index (χ1v) is 14.6. The fraction of sp³-hybridized carbons (Fsp3) is 0.194. The molecule has 40 heavy (non-hydrogen) atoms. The Bertz CT molecular complexity index is 1530. The van der Waals surface area contributed by atoms with Gasteiger partial charge < -0.3 is 14.9 Å². The van der Waals surface area contributed by atoms with Gasteiger partial charge in [0.15, 0.2) is 6.61 Å². The Balaban J connectivity index is 1.47. The smallest absolute Gasteiger partial charge is 0.341 e. The van der Waals surface area contributed by atoms with Crippen molar-refractivity contribution in [2.75, 3.05) is 19.7 Å². The monoisotopic (exact) mass is 579 g/mol. The van der Waals surface area contributed by atoms with Crippen LogP contribution in [0, 0.1) is 0 Å². The number of rotatable bonds is 13. The minimum absolute atomic E-state index is 0.0104. The van der Waals surface area contributed by atoms with Crippen LogP contribution in [0.1, 0.15) is 22.8 Å². The van der Waals surface area contributed by atoms with Gasteiger partial charge in [0.05, 0.1) is 11.0 Å². The number of aliphatic hydroxyl groups excluding tert-OH is 1. The summed E-state index contributed by atoms with van der Waals surface area (Å²) in [4.78, 5) is 13.0. The van der Waals surface area contributed by atoms with Gasteiger partial charge in [-0.2, -0.15) is 0 Å². The van der Waals surface area contributed by atoms with Crippen molar-refractivity contribution in [1.82, 2.24) is 4.90 Å². The minimum Gasteiger partial charge on any atom is -0.481 e. The molecule has 0 saturated heterocycles. The van der Waals surface area contributed by atoms with Crippen LogP contribution in [-0.2, 0) is 27.6 Å². The number of hydrogen-bond donors (Lipinski definition) is 2. The lowest BCUT2D eigenvalue weighted by Gasteiger charge is -2.25. The third kappa shape index (κ3) is 7.92. The van der Waals surface area contributed by atoms with Crippen molar-refractivity contribution in [2.45, 2.75) is 28.9 Å². The molecule has 0 radical (unpaired) electrons. The highest BCUT2D eigenvalue weighted by atomic mass is 35.5. The van der Waals surface area contributed by atoms with E-state index in [9.17, 15) is 18.3 Å². The van der Waals surface area contributed by atoms with Gasteiger partial charge in [0.25, 0.3) is 0 Å². The van der Waals surface area contributed by atoms with Gasteiger partial charge in [0.1, 0.15) is 10.6 Å². The molecule has 9 heteroatoms. The van der Waals surface area contributed by atoms with Crippen molar-refractivity contribution >= 4 is 27.4 Å². The van der Waals surface area contributed by atoms with Crippen molar-refractivity contribution in [3.05, 3.63) is 125 Å². The summed E-state index contributed by atoms with van der Waals surface area (Å²) in [7, 11) is -3.93. The molecule has 0 fully saturated rings. The number of carboxylic acid groups (broad SMARTS) is 1. The molecular formula is C31H30ClNO6S. The van der Waals surface area contributed by atoms with Crippen molar-refractivity contribution in [3.8, 4) is 5.75 Å². The van der Waals surface area contributed by atoms with Crippen LogP contribution < -0.4 is 4.74 Å². The summed E-state index contributed by atoms with van der Waals surface area (Å²) >= 11 is 6.12. The molecule has 0 saturated carbocycles. The largest absolute Gasteiger partial charge is 0.481 e. The summed E-state index contributed by atoms with van der Waals surface area (Å²) in [5.41, 5.74) is 2.79. The number of para-hydroxylation sites is 1. The van der Waals surface area contributed by atoms with E-state index in [0.717, 1.165) is 16.7 Å². The molecule has 0 heterocycles. The molecule has 1 unspecified atom stereocenters. The molecule has 0 aliphatic heterocycles. The lowest BCUT2D eigenvalue weighted by Crippen LogP contribution is -2.30. The maximum absolute atomic E-state index is 13.3. The van der Waals surface area contributed by atoms with Crippen molar-refractivity contribution < 1.29 is 28.2 Å². The van der Waals surface area contributed by atoms with E-state index in [1.807, 2.05) is 42.5 Å². The van der Waals surface area contributed by atoms with E-state index in [-0.39, 0.29) is 15.5 Å². The Kier molecular flexibility index (Phi) is 9.95. The van der Waals surface area contributed by atoms with Crippen LogP contribution in [0.25, 0.3) is 0 Å². The molecule has 0 aromatic heterocycles. The van der Waals surface area contributed by atoms with Gasteiger partial charge in [-0.05, 0) is 59.5 Å². The SMILES string of the molecule is O=C(O)COc1ccccc1S(=O)(=O)c1ccc(CCN(Cc2ccccc2)CC(O)c2cccc(Cl)c2)cc1. The van der Waals surface area contributed by atoms with E-state index in [2.05, 4.69) is 4.90 Å². The number of carbonyl (C=O) groups is 1. The number of ether oxygens (including phenoxy) is 1. The summed E-state index contributed by atoms with van der Waals surface area (Å²) in [6, 6.07) is 29.8. The summed E-state index contributed by atoms with van der Waals surface area (Å²) in [5.74, 6) is -1.21. The Morgan fingerprint density at radius 2 is 1.57 bits per heavy atom. The normalized spacial score (nSPS) is 12.3. The number of nitrogens with zero attached hydrogens (tertiary/aromatic N) is 1. The third-order valence-electron chi connectivity index (χ3n) is 6.35. The lowest BCUT2D eigenvalue weighted by atomic mass is 10.1. The number of halogens is 1. The van der Waals surface area contributed by atoms with E-state index in [4.69, 9.17) is 21.4 Å². The Labute approximate surface area is 239 Å². The second kappa shape index (κ2) is 13.6. The summed E-state index contributed by atoms with van der Waals surface area (Å²) in [6.45, 7) is 1.02. The Morgan fingerprint density at radius 1 is 0.875 bits per heavy atom. The van der Waals surface area contributed by atoms with Crippen molar-refractivity contribution in [2.24, 2.45) is 0 Å². The molecule has 4 rings (SSSR count). The zero-order valence-electron chi connectivity index (χ0n) is 21.7. The molecule has 0 aliphatic rings. The van der Waals surface area contributed by atoms with Crippen LogP contribution in [0.3, 0.4) is 0 Å². The van der Waals surface area contributed by atoms with Crippen molar-refractivity contribution in [3.63, 3.8) is 0 Å². The third-order valence-corrected chi connectivity index (χ3v) is 8.40. The van der Waals surface area contributed by atoms with E-state index < -0.39 is 28.5 Å². The average Bonchev–Trinajstić information content (AvgIpc) is 2.95. The van der Waals surface area contributed by atoms with Gasteiger partial charge in [-0.1, -0.05) is 78.3 Å². The molecule has 4 aromatic rings. The molecule has 0 amide bonds. The summed E-state index contributed by atoms with van der Waals surface area (Å²) in [5, 5.41) is 20.4. The maximum atomic E-state index is 13.3. The fourth-order valence-corrected chi connectivity index (χ4v) is 5.92. The molecule has 0 bridgehead atoms. The molecule has 208 valence electrons. The lowest BCUT2D eigenvalue weighted by molar-refractivity contribution is -0.139. The predicted molar refractivity (Wildman–Crippen MR) is 153 cm³/mol. The molecular weight excluding hydrogens is 550 g/mol. The standard InChI is InChI=1S/C31H30ClNO6S/c32-26-10-6-9-25(19-26)28(34)21-33(20-24-7-2-1-3-8-24)18-17-23-13-15-27(16-14-23)40(37,38)30-12-5-4-11-29(30)39-22-31(35)36/h1-16,19,28,34H,17-18,20-22H2,(H,35,36). The highest BCUT2D eigenvalue weighted by Crippen LogP contribution is 2.29. The highest BCUT2D eigenvalue weighted by molar-refractivity contribution is 7.91. The van der Waals surface area contributed by atoms with E-state index in [1.54, 1.807) is 48.5 Å². The van der Waals surface area contributed by atoms with Gasteiger partial charge in [-0.25, -0.2) is 13.2 Å². The number of benzene rings is 4. The Morgan fingerprint density at radius 3 is 2.27 bits per heavy atom. The first kappa shape index (κ1) is 29.3. The molecule has 2 N–H and O–H groups in total. The first-order valence-electron chi connectivity index (χ1n) is 12.7. The molecule has 0 spiro atoms. The van der Waals surface area contributed by atoms with Gasteiger partial charge in [0.2, 0.25) is 9.84 Å². The first-order chi connectivity index (χ1) is 19.2. The van der Waals surface area contributed by atoms with Crippen LogP contribution >= 0.6 is 11.6 Å². The Hall–Kier alpha value is -3.69. The summed E-state index contributed by atoms with van der Waals surface area (Å²) < 4.78 is 31.8. The van der Waals surface area contributed by atoms with Crippen molar-refractivity contribution in [1.29, 1.82) is 0 Å². The average molecular weight is 580 g/mol. The van der Waals surface area contributed by atoms with Gasteiger partial charge in [-0.15, -0.1) is 0 Å². The number of carboxylic acids is 1. The van der Waals surface area contributed by atoms with E-state index in [0.29, 0.717) is 31.1 Å². The van der Waals surface area contributed by atoms with Crippen LogP contribution in [0.15, 0.2) is 113 Å². The van der Waals surface area contributed by atoms with Gasteiger partial charge in [0, 0.05) is 24.7 Å². The highest BCUT2D eigenvalue weighted by Gasteiger charge is 2.23. The van der Waals surface area contributed by atoms with Gasteiger partial charge >= 0.3 is 5.97 Å². The number of sulfone groups is 1. The quantitative estimate of drug-likeness (QED) is 0.218. The zero-order valence-corrected chi connectivity index (χ0v) is 23.3. The molecule has 4 aromatic carbocycles. The molecule has 1 atom stereocenters. The van der Waals surface area contributed by atoms with Gasteiger partial charge in [-0.3, -0.25) is 4.90 Å². The topological polar surface area (TPSA) is 104 Å². The zero-order chi connectivity index (χ0) is 28.5. The summed E-state index contributed by atoms with van der Waals surface area (Å²) in [6.07, 6.45) is -0.0911. The second-order valence-corrected chi connectivity index (χ2v) is 11.7. The number of aliphatic hydroxyl groups is 1. The maximum Gasteiger partial charge on any atom is 0.341 e. The molecule has 0 aliphatic carbocycles. The van der Waals surface area contributed by atoms with E-state index >= 15 is 0 Å².